The van der Waals surface area contributed by atoms with E-state index in [1.807, 2.05) is 55.5 Å². The Balaban J connectivity index is 1.37. The normalized spacial score (nSPS) is 14.0. The van der Waals surface area contributed by atoms with Gasteiger partial charge < -0.3 is 24.7 Å². The Labute approximate surface area is 236 Å². The number of carbonyl (C=O) groups is 1. The molecule has 2 N–H and O–H groups in total. The molecule has 0 bridgehead atoms. The van der Waals surface area contributed by atoms with E-state index in [1.165, 1.54) is 0 Å². The molecule has 0 spiro atoms. The van der Waals surface area contributed by atoms with Gasteiger partial charge in [-0.1, -0.05) is 54.1 Å². The number of nitrogens with zero attached hydrogens (tertiary/aromatic N) is 1. The molecule has 0 radical (unpaired) electrons. The SMILES string of the molecule is CCOc1cccc(C(=O)Oc2ccc3c(c2)OC(N)=C(C#N)C3c2ccc(OCc3ccccc3Cl)cc2)c1. The Morgan fingerprint density at radius 1 is 0.950 bits per heavy atom. The van der Waals surface area contributed by atoms with E-state index < -0.39 is 11.9 Å². The lowest BCUT2D eigenvalue weighted by Gasteiger charge is -2.26. The number of benzene rings is 4. The maximum atomic E-state index is 12.8. The molecule has 40 heavy (non-hydrogen) atoms. The third-order valence-corrected chi connectivity index (χ3v) is 6.72. The highest BCUT2D eigenvalue weighted by molar-refractivity contribution is 6.31. The van der Waals surface area contributed by atoms with E-state index >= 15 is 0 Å². The van der Waals surface area contributed by atoms with Crippen molar-refractivity contribution >= 4 is 17.6 Å². The summed E-state index contributed by atoms with van der Waals surface area (Å²) in [7, 11) is 0. The standard InChI is InChI=1S/C32H25ClN2O5/c1-2-37-24-8-5-7-21(16-24)32(36)39-25-14-15-26-29(17-25)40-31(35)27(18-34)30(26)20-10-12-23(13-11-20)38-19-22-6-3-4-9-28(22)33/h3-17,30H,2,19,35H2,1H3. The van der Waals surface area contributed by atoms with Crippen LogP contribution in [0.3, 0.4) is 0 Å². The Kier molecular flexibility index (Phi) is 7.90. The summed E-state index contributed by atoms with van der Waals surface area (Å²) in [4.78, 5) is 12.8. The molecule has 4 aromatic carbocycles. The Morgan fingerprint density at radius 2 is 1.73 bits per heavy atom. The summed E-state index contributed by atoms with van der Waals surface area (Å²) in [5, 5.41) is 10.5. The number of hydrogen-bond acceptors (Lipinski definition) is 7. The fourth-order valence-electron chi connectivity index (χ4n) is 4.42. The number of ether oxygens (including phenoxy) is 4. The average molecular weight is 553 g/mol. The lowest BCUT2D eigenvalue weighted by atomic mass is 9.83. The van der Waals surface area contributed by atoms with Gasteiger partial charge in [0.05, 0.1) is 18.1 Å². The van der Waals surface area contributed by atoms with Crippen molar-refractivity contribution in [1.29, 1.82) is 5.26 Å². The molecular weight excluding hydrogens is 528 g/mol. The van der Waals surface area contributed by atoms with E-state index in [-0.39, 0.29) is 17.2 Å². The van der Waals surface area contributed by atoms with Crippen molar-refractivity contribution in [2.45, 2.75) is 19.4 Å². The Hall–Kier alpha value is -4.93. The molecule has 0 fully saturated rings. The Bertz CT molecular complexity index is 1630. The van der Waals surface area contributed by atoms with Gasteiger partial charge in [0, 0.05) is 22.2 Å². The lowest BCUT2D eigenvalue weighted by Crippen LogP contribution is -2.21. The fourth-order valence-corrected chi connectivity index (χ4v) is 4.61. The van der Waals surface area contributed by atoms with Gasteiger partial charge in [-0.2, -0.15) is 5.26 Å². The highest BCUT2D eigenvalue weighted by atomic mass is 35.5. The molecule has 8 heteroatoms. The van der Waals surface area contributed by atoms with Crippen LogP contribution in [0.25, 0.3) is 0 Å². The number of hydrogen-bond donors (Lipinski definition) is 1. The van der Waals surface area contributed by atoms with Gasteiger partial charge >= 0.3 is 5.97 Å². The number of halogens is 1. The van der Waals surface area contributed by atoms with Crippen LogP contribution in [-0.4, -0.2) is 12.6 Å². The number of allylic oxidation sites excluding steroid dienone is 1. The first-order valence-corrected chi connectivity index (χ1v) is 13.0. The second-order valence-corrected chi connectivity index (χ2v) is 9.33. The van der Waals surface area contributed by atoms with Crippen LogP contribution in [0.2, 0.25) is 5.02 Å². The molecule has 1 aliphatic heterocycles. The largest absolute Gasteiger partial charge is 0.494 e. The zero-order valence-corrected chi connectivity index (χ0v) is 22.4. The van der Waals surface area contributed by atoms with E-state index in [4.69, 9.17) is 36.3 Å². The predicted octanol–water partition coefficient (Wildman–Crippen LogP) is 6.76. The van der Waals surface area contributed by atoms with Crippen LogP contribution in [0, 0.1) is 11.3 Å². The van der Waals surface area contributed by atoms with Crippen molar-refractivity contribution in [2.75, 3.05) is 6.61 Å². The van der Waals surface area contributed by atoms with Crippen LogP contribution in [0.4, 0.5) is 0 Å². The molecule has 1 atom stereocenters. The second-order valence-electron chi connectivity index (χ2n) is 8.92. The molecule has 0 amide bonds. The lowest BCUT2D eigenvalue weighted by molar-refractivity contribution is 0.0734. The molecular formula is C32H25ClN2O5. The summed E-state index contributed by atoms with van der Waals surface area (Å²) in [6.45, 7) is 2.68. The summed E-state index contributed by atoms with van der Waals surface area (Å²) in [5.41, 5.74) is 9.21. The first kappa shape index (κ1) is 26.7. The summed E-state index contributed by atoms with van der Waals surface area (Å²) < 4.78 is 22.7. The van der Waals surface area contributed by atoms with Crippen LogP contribution in [0.5, 0.6) is 23.0 Å². The van der Waals surface area contributed by atoms with E-state index in [0.717, 1.165) is 11.1 Å². The van der Waals surface area contributed by atoms with E-state index in [0.29, 0.717) is 46.6 Å². The molecule has 7 nitrogen and oxygen atoms in total. The smallest absolute Gasteiger partial charge is 0.343 e. The van der Waals surface area contributed by atoms with Gasteiger partial charge in [-0.3, -0.25) is 0 Å². The average Bonchev–Trinajstić information content (AvgIpc) is 2.96. The van der Waals surface area contributed by atoms with Gasteiger partial charge in [-0.05, 0) is 55.0 Å². The number of fused-ring (bicyclic) bond motifs is 1. The quantitative estimate of drug-likeness (QED) is 0.190. The molecule has 1 unspecified atom stereocenters. The number of esters is 1. The fraction of sp³-hybridized carbons (Fsp3) is 0.125. The molecule has 0 saturated carbocycles. The molecule has 0 aromatic heterocycles. The van der Waals surface area contributed by atoms with Crippen molar-refractivity contribution in [2.24, 2.45) is 5.73 Å². The maximum Gasteiger partial charge on any atom is 0.343 e. The van der Waals surface area contributed by atoms with Gasteiger partial charge in [0.25, 0.3) is 0 Å². The highest BCUT2D eigenvalue weighted by Crippen LogP contribution is 2.43. The number of nitrogens with two attached hydrogens (primary N) is 1. The minimum atomic E-state index is -0.539. The topological polar surface area (TPSA) is 104 Å². The number of carbonyl (C=O) groups excluding carboxylic acids is 1. The van der Waals surface area contributed by atoms with Gasteiger partial charge in [0.15, 0.2) is 0 Å². The molecule has 0 saturated heterocycles. The molecule has 4 aromatic rings. The van der Waals surface area contributed by atoms with E-state index in [2.05, 4.69) is 6.07 Å². The van der Waals surface area contributed by atoms with E-state index in [9.17, 15) is 10.1 Å². The monoisotopic (exact) mass is 552 g/mol. The maximum absolute atomic E-state index is 12.8. The van der Waals surface area contributed by atoms with Crippen molar-refractivity contribution < 1.29 is 23.7 Å². The van der Waals surface area contributed by atoms with Crippen molar-refractivity contribution in [1.82, 2.24) is 0 Å². The van der Waals surface area contributed by atoms with Crippen molar-refractivity contribution in [3.05, 3.63) is 130 Å². The molecule has 1 heterocycles. The summed E-state index contributed by atoms with van der Waals surface area (Å²) in [6, 6.07) is 28.9. The second kappa shape index (κ2) is 11.9. The number of nitriles is 1. The van der Waals surface area contributed by atoms with Crippen LogP contribution in [-0.2, 0) is 6.61 Å². The van der Waals surface area contributed by atoms with Crippen LogP contribution in [0.15, 0.2) is 102 Å². The first-order valence-electron chi connectivity index (χ1n) is 12.6. The molecule has 200 valence electrons. The van der Waals surface area contributed by atoms with Gasteiger partial charge in [-0.15, -0.1) is 0 Å². The molecule has 1 aliphatic rings. The van der Waals surface area contributed by atoms with Crippen molar-refractivity contribution in [3.8, 4) is 29.1 Å². The van der Waals surface area contributed by atoms with Crippen LogP contribution >= 0.6 is 11.6 Å². The summed E-state index contributed by atoms with van der Waals surface area (Å²) in [6.07, 6.45) is 0. The minimum Gasteiger partial charge on any atom is -0.494 e. The van der Waals surface area contributed by atoms with Crippen LogP contribution in [0.1, 0.15) is 39.9 Å². The third kappa shape index (κ3) is 5.73. The number of rotatable bonds is 8. The molecule has 0 aliphatic carbocycles. The van der Waals surface area contributed by atoms with Crippen LogP contribution < -0.4 is 24.7 Å². The summed E-state index contributed by atoms with van der Waals surface area (Å²) >= 11 is 6.23. The zero-order chi connectivity index (χ0) is 28.1. The predicted molar refractivity (Wildman–Crippen MR) is 151 cm³/mol. The van der Waals surface area contributed by atoms with Gasteiger partial charge in [-0.25, -0.2) is 4.79 Å². The minimum absolute atomic E-state index is 0.00746. The van der Waals surface area contributed by atoms with Gasteiger partial charge in [0.1, 0.15) is 41.2 Å². The van der Waals surface area contributed by atoms with E-state index in [1.54, 1.807) is 42.5 Å². The third-order valence-electron chi connectivity index (χ3n) is 6.35. The summed E-state index contributed by atoms with van der Waals surface area (Å²) in [5.74, 6) is 0.890. The van der Waals surface area contributed by atoms with Gasteiger partial charge in [0.2, 0.25) is 5.88 Å². The zero-order valence-electron chi connectivity index (χ0n) is 21.6. The Morgan fingerprint density at radius 3 is 2.48 bits per heavy atom. The molecule has 5 rings (SSSR count). The highest BCUT2D eigenvalue weighted by Gasteiger charge is 2.31. The first-order chi connectivity index (χ1) is 19.5. The van der Waals surface area contributed by atoms with Crippen molar-refractivity contribution in [3.63, 3.8) is 0 Å².